The Morgan fingerprint density at radius 1 is 0.836 bits per heavy atom. The van der Waals surface area contributed by atoms with Crippen LogP contribution in [0.1, 0.15) is 54.0 Å². The van der Waals surface area contributed by atoms with Crippen LogP contribution in [-0.4, -0.2) is 72.7 Å². The number of benzene rings is 4. The van der Waals surface area contributed by atoms with Crippen molar-refractivity contribution in [1.82, 2.24) is 25.8 Å². The smallest absolute Gasteiger partial charge is 0.314 e. The Kier molecular flexibility index (Phi) is 13.7. The van der Waals surface area contributed by atoms with Crippen molar-refractivity contribution in [3.05, 3.63) is 148 Å². The molecule has 55 heavy (non-hydrogen) atoms. The minimum atomic E-state index is -0.931. The van der Waals surface area contributed by atoms with Crippen molar-refractivity contribution in [2.24, 2.45) is 11.7 Å². The molecule has 4 aromatic carbocycles. The molecule has 1 saturated heterocycles. The number of ether oxygens (including phenoxy) is 1. The number of amides is 3. The molecule has 2 atom stereocenters. The van der Waals surface area contributed by atoms with E-state index in [0.29, 0.717) is 56.2 Å². The van der Waals surface area contributed by atoms with Gasteiger partial charge < -0.3 is 41.4 Å². The van der Waals surface area contributed by atoms with Crippen LogP contribution in [0.25, 0.3) is 10.9 Å². The van der Waals surface area contributed by atoms with Gasteiger partial charge in [-0.05, 0) is 72.7 Å². The van der Waals surface area contributed by atoms with Crippen LogP contribution in [0.4, 0.5) is 4.79 Å². The first kappa shape index (κ1) is 39.2. The maximum Gasteiger partial charge on any atom is 0.314 e. The lowest BCUT2D eigenvalue weighted by atomic mass is 9.64. The van der Waals surface area contributed by atoms with E-state index < -0.39 is 11.5 Å². The number of rotatable bonds is 19. The lowest BCUT2D eigenvalue weighted by Crippen LogP contribution is -2.49. The molecule has 288 valence electrons. The molecule has 6 rings (SSSR count). The molecule has 0 saturated carbocycles. The molecule has 3 amide bonds. The summed E-state index contributed by atoms with van der Waals surface area (Å²) in [6.45, 7) is 4.72. The number of pyridine rings is 1. The van der Waals surface area contributed by atoms with Crippen molar-refractivity contribution in [1.29, 1.82) is 0 Å². The van der Waals surface area contributed by atoms with Gasteiger partial charge in [0.05, 0.1) is 11.6 Å². The molecular weight excluding hydrogens is 693 g/mol. The molecule has 0 aliphatic carbocycles. The Balaban J connectivity index is 0.876. The lowest BCUT2D eigenvalue weighted by Gasteiger charge is -2.37. The fourth-order valence-electron chi connectivity index (χ4n) is 7.80. The number of fused-ring (bicyclic) bond motifs is 1. The molecule has 0 radical (unpaired) electrons. The molecule has 1 aliphatic heterocycles. The SMILES string of the molecule is NC(=O)C(c1ccccc1)(c1ccccc1)[C@@H]1CCN(CCNC(=O)NCCCCCNC[C@@H](O)c2ccc(OCc3ccccc3)c3[nH]c(=O)ccc23)C1. The number of primary amides is 1. The minimum Gasteiger partial charge on any atom is -0.487 e. The van der Waals surface area contributed by atoms with Crippen LogP contribution in [0.3, 0.4) is 0 Å². The number of nitrogens with zero attached hydrogens (tertiary/aromatic N) is 1. The number of unbranched alkanes of at least 4 members (excludes halogenated alkanes) is 2. The number of hydrogen-bond donors (Lipinski definition) is 6. The lowest BCUT2D eigenvalue weighted by molar-refractivity contribution is -0.123. The second-order valence-electron chi connectivity index (χ2n) is 14.2. The maximum atomic E-state index is 13.3. The van der Waals surface area contributed by atoms with E-state index in [0.717, 1.165) is 60.8 Å². The van der Waals surface area contributed by atoms with Crippen LogP contribution in [0.5, 0.6) is 5.75 Å². The molecule has 7 N–H and O–H groups in total. The normalized spacial score (nSPS) is 15.1. The zero-order valence-corrected chi connectivity index (χ0v) is 31.2. The molecule has 0 bridgehead atoms. The van der Waals surface area contributed by atoms with Gasteiger partial charge >= 0.3 is 6.03 Å². The molecule has 0 spiro atoms. The van der Waals surface area contributed by atoms with Gasteiger partial charge in [0.25, 0.3) is 0 Å². The van der Waals surface area contributed by atoms with E-state index in [4.69, 9.17) is 10.5 Å². The Morgan fingerprint density at radius 3 is 2.18 bits per heavy atom. The van der Waals surface area contributed by atoms with E-state index in [-0.39, 0.29) is 23.4 Å². The number of aromatic nitrogens is 1. The van der Waals surface area contributed by atoms with Gasteiger partial charge in [0, 0.05) is 44.2 Å². The van der Waals surface area contributed by atoms with E-state index >= 15 is 0 Å². The van der Waals surface area contributed by atoms with E-state index in [2.05, 4.69) is 25.8 Å². The molecule has 2 heterocycles. The van der Waals surface area contributed by atoms with Crippen molar-refractivity contribution < 1.29 is 19.4 Å². The van der Waals surface area contributed by atoms with Gasteiger partial charge in [-0.1, -0.05) is 103 Å². The summed E-state index contributed by atoms with van der Waals surface area (Å²) in [5.41, 5.74) is 9.17. The summed E-state index contributed by atoms with van der Waals surface area (Å²) in [6, 6.07) is 36.1. The Bertz CT molecular complexity index is 2000. The van der Waals surface area contributed by atoms with Gasteiger partial charge in [-0.2, -0.15) is 0 Å². The van der Waals surface area contributed by atoms with Crippen LogP contribution < -0.4 is 32.0 Å². The van der Waals surface area contributed by atoms with E-state index in [1.54, 1.807) is 12.1 Å². The van der Waals surface area contributed by atoms with E-state index in [9.17, 15) is 19.5 Å². The third kappa shape index (κ3) is 9.79. The summed E-state index contributed by atoms with van der Waals surface area (Å²) in [7, 11) is 0. The number of nitrogens with one attached hydrogen (secondary N) is 4. The number of aliphatic hydroxyl groups excluding tert-OH is 1. The summed E-state index contributed by atoms with van der Waals surface area (Å²) >= 11 is 0. The van der Waals surface area contributed by atoms with Gasteiger partial charge in [0.1, 0.15) is 17.8 Å². The van der Waals surface area contributed by atoms with Gasteiger partial charge in [0.15, 0.2) is 0 Å². The zero-order valence-electron chi connectivity index (χ0n) is 31.2. The van der Waals surface area contributed by atoms with Gasteiger partial charge in [-0.15, -0.1) is 0 Å². The van der Waals surface area contributed by atoms with Crippen molar-refractivity contribution in [3.8, 4) is 5.75 Å². The van der Waals surface area contributed by atoms with Crippen molar-refractivity contribution in [2.45, 2.75) is 43.8 Å². The van der Waals surface area contributed by atoms with Crippen LogP contribution in [0.2, 0.25) is 0 Å². The van der Waals surface area contributed by atoms with Gasteiger partial charge in [-0.25, -0.2) is 4.79 Å². The van der Waals surface area contributed by atoms with Crippen molar-refractivity contribution in [2.75, 3.05) is 45.8 Å². The van der Waals surface area contributed by atoms with E-state index in [1.807, 2.05) is 97.1 Å². The number of urea groups is 1. The molecule has 11 heteroatoms. The third-order valence-electron chi connectivity index (χ3n) is 10.6. The van der Waals surface area contributed by atoms with Crippen LogP contribution in [0.15, 0.2) is 120 Å². The highest BCUT2D eigenvalue weighted by Crippen LogP contribution is 2.43. The molecule has 1 fully saturated rings. The predicted molar refractivity (Wildman–Crippen MR) is 216 cm³/mol. The number of aromatic amines is 1. The second kappa shape index (κ2) is 19.2. The first-order valence-electron chi connectivity index (χ1n) is 19.2. The molecule has 1 aromatic heterocycles. The Labute approximate surface area is 322 Å². The molecular formula is C44H52N6O5. The van der Waals surface area contributed by atoms with Crippen molar-refractivity contribution >= 4 is 22.8 Å². The minimum absolute atomic E-state index is 0.00472. The summed E-state index contributed by atoms with van der Waals surface area (Å²) < 4.78 is 6.03. The zero-order chi connectivity index (χ0) is 38.5. The first-order chi connectivity index (χ1) is 26.9. The number of nitrogens with two attached hydrogens (primary N) is 1. The summed E-state index contributed by atoms with van der Waals surface area (Å²) in [4.78, 5) is 43.1. The van der Waals surface area contributed by atoms with E-state index in [1.165, 1.54) is 6.07 Å². The number of aliphatic hydroxyl groups is 1. The topological polar surface area (TPSA) is 162 Å². The quantitative estimate of drug-likeness (QED) is 0.0650. The number of H-pyrrole nitrogens is 1. The molecule has 0 unspecified atom stereocenters. The third-order valence-corrected chi connectivity index (χ3v) is 10.6. The summed E-state index contributed by atoms with van der Waals surface area (Å²) in [5.74, 6) is 0.215. The number of likely N-dealkylation sites (tertiary alicyclic amines) is 1. The predicted octanol–water partition coefficient (Wildman–Crippen LogP) is 4.99. The molecule has 11 nitrogen and oxygen atoms in total. The maximum absolute atomic E-state index is 13.3. The highest BCUT2D eigenvalue weighted by molar-refractivity contribution is 5.91. The highest BCUT2D eigenvalue weighted by Gasteiger charge is 2.49. The summed E-state index contributed by atoms with van der Waals surface area (Å²) in [6.07, 6.45) is 2.70. The molecule has 5 aromatic rings. The summed E-state index contributed by atoms with van der Waals surface area (Å²) in [5, 5.41) is 21.0. The number of carbonyl (C=O) groups excluding carboxylic acids is 2. The molecule has 1 aliphatic rings. The van der Waals surface area contributed by atoms with Crippen LogP contribution in [-0.2, 0) is 16.8 Å². The number of hydrogen-bond acceptors (Lipinski definition) is 7. The fraction of sp³-hybridized carbons (Fsp3) is 0.341. The number of carbonyl (C=O) groups is 2. The van der Waals surface area contributed by atoms with Crippen LogP contribution in [0, 0.1) is 5.92 Å². The Hall–Kier alpha value is -5.49. The highest BCUT2D eigenvalue weighted by atomic mass is 16.5. The fourth-order valence-corrected chi connectivity index (χ4v) is 7.80. The second-order valence-corrected chi connectivity index (χ2v) is 14.2. The van der Waals surface area contributed by atoms with Gasteiger partial charge in [0.2, 0.25) is 11.5 Å². The first-order valence-corrected chi connectivity index (χ1v) is 19.2. The average Bonchev–Trinajstić information content (AvgIpc) is 3.68. The standard InChI is InChI=1S/C44H52N6O5/c45-42(53)44(33-15-7-2-8-16-33,34-17-9-3-10-18-34)35-23-27-50(30-35)28-26-48-43(54)47-25-12-4-11-24-46-29-38(51)36-19-21-39(41-37(36)20-22-40(52)49-41)55-31-32-13-5-1-6-14-32/h1-3,5-10,13-22,35,38,46,51H,4,11-12,23-31H2,(H2,45,53)(H,49,52)(H2,47,48,54)/t35-,38-/m1/s1. The van der Waals surface area contributed by atoms with Crippen LogP contribution >= 0.6 is 0 Å². The van der Waals surface area contributed by atoms with Gasteiger partial charge in [-0.3, -0.25) is 9.59 Å². The average molecular weight is 745 g/mol. The largest absolute Gasteiger partial charge is 0.487 e. The monoisotopic (exact) mass is 744 g/mol. The Morgan fingerprint density at radius 2 is 1.49 bits per heavy atom. The van der Waals surface area contributed by atoms with Crippen molar-refractivity contribution in [3.63, 3.8) is 0 Å².